The summed E-state index contributed by atoms with van der Waals surface area (Å²) >= 11 is 0. The van der Waals surface area contributed by atoms with E-state index in [1.165, 1.54) is 0 Å². The first-order chi connectivity index (χ1) is 24.1. The van der Waals surface area contributed by atoms with Gasteiger partial charge in [-0.25, -0.2) is 9.59 Å². The number of aryl methyl sites for hydroxylation is 1. The lowest BCUT2D eigenvalue weighted by molar-refractivity contribution is -0.142. The second-order valence-electron chi connectivity index (χ2n) is 15.0. The van der Waals surface area contributed by atoms with Crippen molar-refractivity contribution < 1.29 is 29.0 Å². The minimum Gasteiger partial charge on any atom is -0.490 e. The van der Waals surface area contributed by atoms with Gasteiger partial charge in [-0.15, -0.1) is 0 Å². The van der Waals surface area contributed by atoms with E-state index in [2.05, 4.69) is 15.5 Å². The van der Waals surface area contributed by atoms with Gasteiger partial charge in [0.1, 0.15) is 12.4 Å². The molecule has 0 aromatic heterocycles. The predicted octanol–water partition coefficient (Wildman–Crippen LogP) is 4.24. The number of aliphatic hydroxyl groups is 1. The molecule has 3 fully saturated rings. The minimum absolute atomic E-state index is 0.0187. The lowest BCUT2D eigenvalue weighted by atomic mass is 9.91. The Morgan fingerprint density at radius 3 is 2.44 bits per heavy atom. The van der Waals surface area contributed by atoms with Gasteiger partial charge in [0.05, 0.1) is 11.3 Å². The zero-order valence-electron chi connectivity index (χ0n) is 29.5. The molecule has 2 aromatic rings. The second-order valence-corrected chi connectivity index (χ2v) is 15.0. The molecular weight excluding hydrogens is 636 g/mol. The Morgan fingerprint density at radius 1 is 0.980 bits per heavy atom. The molecule has 270 valence electrons. The van der Waals surface area contributed by atoms with Gasteiger partial charge >= 0.3 is 12.1 Å². The van der Waals surface area contributed by atoms with E-state index in [0.29, 0.717) is 58.2 Å². The molecular formula is C38H52N6O6. The number of carbonyl (C=O) groups is 3. The number of nitrogens with one attached hydrogen (secondary N) is 2. The first-order valence-corrected chi connectivity index (χ1v) is 18.5. The summed E-state index contributed by atoms with van der Waals surface area (Å²) in [6, 6.07) is 12.2. The van der Waals surface area contributed by atoms with Crippen LogP contribution in [0.2, 0.25) is 0 Å². The number of anilines is 2. The fourth-order valence-corrected chi connectivity index (χ4v) is 8.34. The molecule has 1 atom stereocenters. The van der Waals surface area contributed by atoms with Crippen molar-refractivity contribution in [3.8, 4) is 5.75 Å². The van der Waals surface area contributed by atoms with Crippen molar-refractivity contribution in [3.05, 3.63) is 53.1 Å². The number of nitrogens with zero attached hydrogens (tertiary/aromatic N) is 4. The van der Waals surface area contributed by atoms with E-state index in [-0.39, 0.29) is 24.4 Å². The molecule has 0 unspecified atom stereocenters. The summed E-state index contributed by atoms with van der Waals surface area (Å²) in [5, 5.41) is 16.9. The highest BCUT2D eigenvalue weighted by Crippen LogP contribution is 2.33. The van der Waals surface area contributed by atoms with Crippen LogP contribution >= 0.6 is 0 Å². The molecule has 4 amide bonds. The van der Waals surface area contributed by atoms with Crippen LogP contribution in [0.25, 0.3) is 0 Å². The average molecular weight is 689 g/mol. The summed E-state index contributed by atoms with van der Waals surface area (Å²) < 4.78 is 12.1. The van der Waals surface area contributed by atoms with Gasteiger partial charge in [-0.05, 0) is 87.6 Å². The fraction of sp³-hybridized carbons (Fsp3) is 0.605. The average Bonchev–Trinajstić information content (AvgIpc) is 3.29. The topological polar surface area (TPSA) is 127 Å². The monoisotopic (exact) mass is 688 g/mol. The van der Waals surface area contributed by atoms with E-state index in [1.807, 2.05) is 60.0 Å². The van der Waals surface area contributed by atoms with Gasteiger partial charge in [-0.1, -0.05) is 24.3 Å². The minimum atomic E-state index is -0.967. The van der Waals surface area contributed by atoms with Gasteiger partial charge in [0.2, 0.25) is 0 Å². The van der Waals surface area contributed by atoms with E-state index in [0.717, 1.165) is 85.6 Å². The number of piperidine rings is 3. The summed E-state index contributed by atoms with van der Waals surface area (Å²) in [7, 11) is 0. The smallest absolute Gasteiger partial charge is 0.410 e. The molecule has 0 radical (unpaired) electrons. The number of benzene rings is 2. The number of para-hydroxylation sites is 1. The molecule has 5 aliphatic heterocycles. The maximum absolute atomic E-state index is 14.2. The Bertz CT molecular complexity index is 1560. The summed E-state index contributed by atoms with van der Waals surface area (Å²) in [4.78, 5) is 48.9. The fourth-order valence-electron chi connectivity index (χ4n) is 8.34. The summed E-state index contributed by atoms with van der Waals surface area (Å²) in [6.45, 7) is 9.72. The normalized spacial score (nSPS) is 22.3. The molecule has 50 heavy (non-hydrogen) atoms. The van der Waals surface area contributed by atoms with E-state index < -0.39 is 17.8 Å². The number of rotatable bonds is 6. The summed E-state index contributed by atoms with van der Waals surface area (Å²) in [6.07, 6.45) is 4.11. The Labute approximate surface area is 295 Å². The van der Waals surface area contributed by atoms with Gasteiger partial charge in [0.25, 0.3) is 5.91 Å². The third kappa shape index (κ3) is 7.66. The number of likely N-dealkylation sites (tertiary alicyclic amines) is 3. The Balaban J connectivity index is 0.995. The number of hydrogen-bond donors (Lipinski definition) is 3. The van der Waals surface area contributed by atoms with Crippen LogP contribution in [0, 0.1) is 6.92 Å². The van der Waals surface area contributed by atoms with Crippen LogP contribution in [-0.4, -0.2) is 125 Å². The predicted molar refractivity (Wildman–Crippen MR) is 191 cm³/mol. The molecule has 12 nitrogen and oxygen atoms in total. The SMILES string of the molecule is Cc1cc(C[C@@H](OC(=O)N2CCC(N3CCc4ccccc4NC3=O)CC2)C(=O)N2CCC(N3CCC(C)(O)CC3)CC2)cc2c1NCCO2. The van der Waals surface area contributed by atoms with Gasteiger partial charge < -0.3 is 44.8 Å². The second kappa shape index (κ2) is 14.7. The maximum Gasteiger partial charge on any atom is 0.410 e. The molecule has 0 bridgehead atoms. The lowest BCUT2D eigenvalue weighted by Gasteiger charge is -2.43. The zero-order valence-corrected chi connectivity index (χ0v) is 29.5. The largest absolute Gasteiger partial charge is 0.490 e. The number of carbonyl (C=O) groups excluding carboxylic acids is 3. The Hall–Kier alpha value is -4.03. The Morgan fingerprint density at radius 2 is 1.68 bits per heavy atom. The first kappa shape index (κ1) is 34.4. The molecule has 5 aliphatic rings. The molecule has 12 heteroatoms. The quantitative estimate of drug-likeness (QED) is 0.412. The number of fused-ring (bicyclic) bond motifs is 2. The van der Waals surface area contributed by atoms with Crippen LogP contribution in [0.1, 0.15) is 62.1 Å². The number of urea groups is 1. The molecule has 0 aliphatic carbocycles. The van der Waals surface area contributed by atoms with Gasteiger partial charge in [-0.3, -0.25) is 4.79 Å². The third-order valence-corrected chi connectivity index (χ3v) is 11.4. The van der Waals surface area contributed by atoms with Crippen molar-refractivity contribution in [1.82, 2.24) is 19.6 Å². The molecule has 3 N–H and O–H groups in total. The van der Waals surface area contributed by atoms with Gasteiger partial charge in [0.15, 0.2) is 6.10 Å². The maximum atomic E-state index is 14.2. The van der Waals surface area contributed by atoms with Crippen molar-refractivity contribution in [3.63, 3.8) is 0 Å². The summed E-state index contributed by atoms with van der Waals surface area (Å²) in [5.41, 5.74) is 4.27. The van der Waals surface area contributed by atoms with Crippen molar-refractivity contribution in [2.45, 2.75) is 89.0 Å². The first-order valence-electron chi connectivity index (χ1n) is 18.5. The van der Waals surface area contributed by atoms with Crippen molar-refractivity contribution in [2.24, 2.45) is 0 Å². The van der Waals surface area contributed by atoms with Crippen LogP contribution in [-0.2, 0) is 22.4 Å². The highest BCUT2D eigenvalue weighted by atomic mass is 16.6. The molecule has 0 spiro atoms. The number of ether oxygens (including phenoxy) is 2. The van der Waals surface area contributed by atoms with Crippen LogP contribution < -0.4 is 15.4 Å². The molecule has 2 aromatic carbocycles. The number of amides is 4. The Kier molecular flexibility index (Phi) is 10.1. The molecule has 3 saturated heterocycles. The van der Waals surface area contributed by atoms with Crippen LogP contribution in [0.4, 0.5) is 21.0 Å². The van der Waals surface area contributed by atoms with Crippen molar-refractivity contribution in [2.75, 3.05) is 69.6 Å². The highest BCUT2D eigenvalue weighted by Gasteiger charge is 2.37. The molecule has 5 heterocycles. The lowest BCUT2D eigenvalue weighted by Crippen LogP contribution is -2.54. The zero-order chi connectivity index (χ0) is 34.8. The van der Waals surface area contributed by atoms with Crippen molar-refractivity contribution >= 4 is 29.4 Å². The van der Waals surface area contributed by atoms with Crippen molar-refractivity contribution in [1.29, 1.82) is 0 Å². The third-order valence-electron chi connectivity index (χ3n) is 11.4. The van der Waals surface area contributed by atoms with E-state index in [9.17, 15) is 19.5 Å². The van der Waals surface area contributed by atoms with E-state index in [1.54, 1.807) is 4.90 Å². The molecule has 0 saturated carbocycles. The van der Waals surface area contributed by atoms with E-state index in [4.69, 9.17) is 9.47 Å². The van der Waals surface area contributed by atoms with E-state index >= 15 is 0 Å². The number of hydrogen-bond acceptors (Lipinski definition) is 8. The van der Waals surface area contributed by atoms with Gasteiger partial charge in [0, 0.05) is 76.5 Å². The van der Waals surface area contributed by atoms with Gasteiger partial charge in [-0.2, -0.15) is 0 Å². The standard InChI is InChI=1S/C38H52N6O6/c1-26-23-27(24-32-34(26)39-14-22-49-32)25-33(35(45)42-15-8-29(9-16-42)41-20-12-38(2,48)13-21-41)50-37(47)43-17-10-30(11-18-43)44-19-7-28-5-3-4-6-31(28)40-36(44)46/h3-6,23-24,29-30,33,39,48H,7-22,25H2,1-2H3,(H,40,46)/t33-/m1/s1. The molecule has 7 rings (SSSR count). The summed E-state index contributed by atoms with van der Waals surface area (Å²) in [5.74, 6) is 0.594. The van der Waals surface area contributed by atoms with Crippen LogP contribution in [0.5, 0.6) is 5.75 Å². The van der Waals surface area contributed by atoms with Crippen LogP contribution in [0.15, 0.2) is 36.4 Å². The van der Waals surface area contributed by atoms with Crippen LogP contribution in [0.3, 0.4) is 0 Å². The highest BCUT2D eigenvalue weighted by molar-refractivity contribution is 5.91.